The Morgan fingerprint density at radius 2 is 1.88 bits per heavy atom. The minimum absolute atomic E-state index is 0.917. The molecule has 4 rings (SSSR count). The summed E-state index contributed by atoms with van der Waals surface area (Å²) in [5.74, 6) is 0. The van der Waals surface area contributed by atoms with E-state index in [1.165, 1.54) is 0 Å². The number of rotatable bonds is 0. The van der Waals surface area contributed by atoms with Crippen LogP contribution in [0.4, 0.5) is 0 Å². The van der Waals surface area contributed by atoms with Gasteiger partial charge in [0.2, 0.25) is 0 Å². The summed E-state index contributed by atoms with van der Waals surface area (Å²) in [5.41, 5.74) is 1.98. The molecule has 0 saturated heterocycles. The van der Waals surface area contributed by atoms with Gasteiger partial charge in [-0.25, -0.2) is 9.97 Å². The maximum atomic E-state index is 4.43. The Hall–Kier alpha value is -2.49. The lowest BCUT2D eigenvalue weighted by Gasteiger charge is -2.06. The molecular weight excluding hydrogens is 212 g/mol. The van der Waals surface area contributed by atoms with Gasteiger partial charge in [0.05, 0.1) is 11.7 Å². The van der Waals surface area contributed by atoms with Crippen molar-refractivity contribution in [1.29, 1.82) is 0 Å². The first kappa shape index (κ1) is 8.64. The summed E-state index contributed by atoms with van der Waals surface area (Å²) in [5, 5.41) is 3.36. The average Bonchev–Trinajstić information content (AvgIpc) is 2.89. The monoisotopic (exact) mass is 220 g/mol. The molecular formula is C13H8N4. The van der Waals surface area contributed by atoms with Gasteiger partial charge in [-0.2, -0.15) is 0 Å². The molecule has 0 atom stereocenters. The zero-order valence-electron chi connectivity index (χ0n) is 8.91. The van der Waals surface area contributed by atoms with Crippen molar-refractivity contribution in [2.75, 3.05) is 0 Å². The standard InChI is InChI=1S/C13H8N4/c1-2-10-11-6-14-5-3-9(11)12-7-15-8-17(12)13(10)16-4-1/h1-8H. The van der Waals surface area contributed by atoms with Gasteiger partial charge in [0, 0.05) is 34.7 Å². The molecule has 0 bridgehead atoms. The third-order valence-electron chi connectivity index (χ3n) is 3.04. The third-order valence-corrected chi connectivity index (χ3v) is 3.04. The Morgan fingerprint density at radius 3 is 2.88 bits per heavy atom. The molecule has 17 heavy (non-hydrogen) atoms. The average molecular weight is 220 g/mol. The van der Waals surface area contributed by atoms with Crippen molar-refractivity contribution in [3.63, 3.8) is 0 Å². The van der Waals surface area contributed by atoms with Crippen molar-refractivity contribution < 1.29 is 0 Å². The first-order valence-corrected chi connectivity index (χ1v) is 5.37. The molecule has 0 aliphatic rings. The van der Waals surface area contributed by atoms with Crippen molar-refractivity contribution in [1.82, 2.24) is 19.4 Å². The molecule has 0 unspecified atom stereocenters. The number of hydrogen-bond acceptors (Lipinski definition) is 3. The van der Waals surface area contributed by atoms with Gasteiger partial charge >= 0.3 is 0 Å². The van der Waals surface area contributed by atoms with E-state index >= 15 is 0 Å². The molecule has 4 heterocycles. The third kappa shape index (κ3) is 1.04. The summed E-state index contributed by atoms with van der Waals surface area (Å²) >= 11 is 0. The lowest BCUT2D eigenvalue weighted by molar-refractivity contribution is 1.17. The Morgan fingerprint density at radius 1 is 0.882 bits per heavy atom. The highest BCUT2D eigenvalue weighted by atomic mass is 15.0. The molecule has 80 valence electrons. The summed E-state index contributed by atoms with van der Waals surface area (Å²) in [4.78, 5) is 12.8. The van der Waals surface area contributed by atoms with Crippen molar-refractivity contribution >= 4 is 27.3 Å². The molecule has 0 amide bonds. The Kier molecular flexibility index (Phi) is 1.53. The van der Waals surface area contributed by atoms with Crippen LogP contribution >= 0.6 is 0 Å². The van der Waals surface area contributed by atoms with Crippen LogP contribution in [0, 0.1) is 0 Å². The van der Waals surface area contributed by atoms with Crippen LogP contribution in [0.15, 0.2) is 49.3 Å². The Balaban J connectivity index is 2.48. The summed E-state index contributed by atoms with van der Waals surface area (Å²) in [7, 11) is 0. The lowest BCUT2D eigenvalue weighted by Crippen LogP contribution is -1.91. The van der Waals surface area contributed by atoms with E-state index in [1.807, 2.05) is 28.9 Å². The van der Waals surface area contributed by atoms with Crippen LogP contribution in [-0.2, 0) is 0 Å². The number of imidazole rings is 1. The highest BCUT2D eigenvalue weighted by Gasteiger charge is 2.08. The fourth-order valence-electron chi connectivity index (χ4n) is 2.29. The maximum Gasteiger partial charge on any atom is 0.146 e. The highest BCUT2D eigenvalue weighted by Crippen LogP contribution is 2.26. The molecule has 0 aliphatic heterocycles. The molecule has 4 aromatic rings. The van der Waals surface area contributed by atoms with Crippen LogP contribution in [-0.4, -0.2) is 19.4 Å². The zero-order chi connectivity index (χ0) is 11.2. The second-order valence-electron chi connectivity index (χ2n) is 3.94. The van der Waals surface area contributed by atoms with Gasteiger partial charge in [-0.15, -0.1) is 0 Å². The van der Waals surface area contributed by atoms with Crippen molar-refractivity contribution in [2.24, 2.45) is 0 Å². The van der Waals surface area contributed by atoms with Gasteiger partial charge in [-0.05, 0) is 18.2 Å². The van der Waals surface area contributed by atoms with Gasteiger partial charge in [0.1, 0.15) is 12.0 Å². The maximum absolute atomic E-state index is 4.43. The predicted octanol–water partition coefficient (Wildman–Crippen LogP) is 2.43. The highest BCUT2D eigenvalue weighted by molar-refractivity contribution is 6.10. The summed E-state index contributed by atoms with van der Waals surface area (Å²) in [6, 6.07) is 6.02. The number of hydrogen-bond donors (Lipinski definition) is 0. The SMILES string of the molecule is c1cnc2c(c1)c1cnccc1c1cncn12. The largest absolute Gasteiger partial charge is 0.282 e. The number of pyridine rings is 3. The topological polar surface area (TPSA) is 43.1 Å². The predicted molar refractivity (Wildman–Crippen MR) is 65.8 cm³/mol. The van der Waals surface area contributed by atoms with E-state index in [9.17, 15) is 0 Å². The van der Waals surface area contributed by atoms with Crippen LogP contribution in [0.2, 0.25) is 0 Å². The normalized spacial score (nSPS) is 11.5. The van der Waals surface area contributed by atoms with Gasteiger partial charge < -0.3 is 0 Å². The number of nitrogens with zero attached hydrogens (tertiary/aromatic N) is 4. The molecule has 0 aliphatic carbocycles. The minimum atomic E-state index is 0.917. The first-order valence-electron chi connectivity index (χ1n) is 5.37. The quantitative estimate of drug-likeness (QED) is 0.427. The molecule has 4 nitrogen and oxygen atoms in total. The fourth-order valence-corrected chi connectivity index (χ4v) is 2.29. The molecule has 0 radical (unpaired) electrons. The van der Waals surface area contributed by atoms with E-state index in [0.717, 1.165) is 27.3 Å². The van der Waals surface area contributed by atoms with Gasteiger partial charge in [0.15, 0.2) is 0 Å². The summed E-state index contributed by atoms with van der Waals surface area (Å²) in [6.45, 7) is 0. The van der Waals surface area contributed by atoms with E-state index in [4.69, 9.17) is 0 Å². The molecule has 0 spiro atoms. The van der Waals surface area contributed by atoms with Crippen molar-refractivity contribution in [3.05, 3.63) is 49.3 Å². The first-order chi connectivity index (χ1) is 8.45. The van der Waals surface area contributed by atoms with Gasteiger partial charge in [0.25, 0.3) is 0 Å². The minimum Gasteiger partial charge on any atom is -0.282 e. The molecule has 4 heteroatoms. The molecule has 0 N–H and O–H groups in total. The van der Waals surface area contributed by atoms with Crippen LogP contribution in [0.1, 0.15) is 0 Å². The Bertz CT molecular complexity index is 778. The summed E-state index contributed by atoms with van der Waals surface area (Å²) in [6.07, 6.45) is 9.13. The van der Waals surface area contributed by atoms with Gasteiger partial charge in [-0.1, -0.05) is 0 Å². The molecule has 0 aromatic carbocycles. The fraction of sp³-hybridized carbons (Fsp3) is 0. The smallest absolute Gasteiger partial charge is 0.146 e. The van der Waals surface area contributed by atoms with Crippen LogP contribution in [0.3, 0.4) is 0 Å². The Labute approximate surface area is 96.6 Å². The second kappa shape index (κ2) is 3.01. The second-order valence-corrected chi connectivity index (χ2v) is 3.94. The number of fused-ring (bicyclic) bond motifs is 6. The zero-order valence-corrected chi connectivity index (χ0v) is 8.91. The molecule has 4 aromatic heterocycles. The molecule has 0 fully saturated rings. The lowest BCUT2D eigenvalue weighted by atomic mass is 10.1. The van der Waals surface area contributed by atoms with E-state index in [1.54, 1.807) is 18.7 Å². The van der Waals surface area contributed by atoms with Crippen LogP contribution < -0.4 is 0 Å². The van der Waals surface area contributed by atoms with Crippen LogP contribution in [0.25, 0.3) is 27.3 Å². The van der Waals surface area contributed by atoms with E-state index in [2.05, 4.69) is 21.0 Å². The summed E-state index contributed by atoms with van der Waals surface area (Å²) < 4.78 is 2.01. The van der Waals surface area contributed by atoms with E-state index in [-0.39, 0.29) is 0 Å². The van der Waals surface area contributed by atoms with Crippen LogP contribution in [0.5, 0.6) is 0 Å². The van der Waals surface area contributed by atoms with E-state index < -0.39 is 0 Å². The van der Waals surface area contributed by atoms with E-state index in [0.29, 0.717) is 0 Å². The van der Waals surface area contributed by atoms with Crippen molar-refractivity contribution in [2.45, 2.75) is 0 Å². The number of aromatic nitrogens is 4. The van der Waals surface area contributed by atoms with Crippen molar-refractivity contribution in [3.8, 4) is 0 Å². The molecule has 0 saturated carbocycles. The van der Waals surface area contributed by atoms with Gasteiger partial charge in [-0.3, -0.25) is 9.38 Å².